The topological polar surface area (TPSA) is 28.7 Å². The molecule has 1 heterocycles. The first kappa shape index (κ1) is 11.5. The lowest BCUT2D eigenvalue weighted by molar-refractivity contribution is 0.628. The van der Waals surface area contributed by atoms with Gasteiger partial charge in [0.1, 0.15) is 10.8 Å². The maximum absolute atomic E-state index is 12.7. The van der Waals surface area contributed by atoms with E-state index in [4.69, 9.17) is 0 Å². The number of nitrogens with zero attached hydrogens (tertiary/aromatic N) is 1. The fourth-order valence-electron chi connectivity index (χ4n) is 1.27. The van der Waals surface area contributed by atoms with Gasteiger partial charge < -0.3 is 0 Å². The van der Waals surface area contributed by atoms with Crippen molar-refractivity contribution in [2.75, 3.05) is 11.3 Å². The van der Waals surface area contributed by atoms with E-state index in [1.165, 1.54) is 12.1 Å². The molecule has 0 bridgehead atoms. The summed E-state index contributed by atoms with van der Waals surface area (Å²) in [6.07, 6.45) is 2.06. The van der Waals surface area contributed by atoms with Crippen LogP contribution in [0.5, 0.6) is 0 Å². The maximum atomic E-state index is 12.7. The van der Waals surface area contributed by atoms with Crippen molar-refractivity contribution < 1.29 is 4.39 Å². The second-order valence-corrected chi connectivity index (χ2v) is 5.40. The normalized spacial score (nSPS) is 10.6. The van der Waals surface area contributed by atoms with Crippen LogP contribution in [0.2, 0.25) is 0 Å². The number of rotatable bonds is 4. The number of hydrogen-bond acceptors (Lipinski definition) is 3. The lowest BCUT2D eigenvalue weighted by Gasteiger charge is -1.95. The van der Waals surface area contributed by atoms with Crippen molar-refractivity contribution in [1.82, 2.24) is 10.2 Å². The predicted molar refractivity (Wildman–Crippen MR) is 68.2 cm³/mol. The molecule has 0 spiro atoms. The van der Waals surface area contributed by atoms with Crippen molar-refractivity contribution in [3.05, 3.63) is 36.1 Å². The zero-order chi connectivity index (χ0) is 11.4. The molecule has 2 aromatic rings. The molecule has 2 rings (SSSR count). The average molecular weight is 254 g/mol. The molecule has 1 aromatic carbocycles. The van der Waals surface area contributed by atoms with Gasteiger partial charge in [0.25, 0.3) is 0 Å². The molecular weight excluding hydrogens is 243 g/mol. The minimum Gasteiger partial charge on any atom is -0.277 e. The summed E-state index contributed by atoms with van der Waals surface area (Å²) in [5, 5.41) is 9.08. The summed E-state index contributed by atoms with van der Waals surface area (Å²) < 4.78 is 12.7. The molecular formula is C11H11FN2S2. The molecule has 84 valence electrons. The molecule has 1 N–H and O–H groups in total. The molecule has 0 aliphatic rings. The van der Waals surface area contributed by atoms with Gasteiger partial charge in [-0.2, -0.15) is 16.9 Å². The molecule has 0 radical (unpaired) electrons. The Labute approximate surface area is 102 Å². The first-order valence-corrected chi connectivity index (χ1v) is 7.10. The quantitative estimate of drug-likeness (QED) is 0.667. The van der Waals surface area contributed by atoms with Crippen LogP contribution in [-0.2, 0) is 0 Å². The molecule has 0 saturated heterocycles. The number of benzene rings is 1. The van der Waals surface area contributed by atoms with Crippen LogP contribution in [0.15, 0.2) is 35.4 Å². The Kier molecular flexibility index (Phi) is 3.90. The number of halogens is 1. The van der Waals surface area contributed by atoms with E-state index in [1.807, 2.05) is 6.07 Å². The summed E-state index contributed by atoms with van der Waals surface area (Å²) in [6, 6.07) is 8.36. The maximum Gasteiger partial charge on any atom is 0.123 e. The fraction of sp³-hybridized carbons (Fsp3) is 0.182. The lowest BCUT2D eigenvalue weighted by atomic mass is 10.1. The van der Waals surface area contributed by atoms with Crippen molar-refractivity contribution >= 4 is 23.5 Å². The van der Waals surface area contributed by atoms with Crippen LogP contribution >= 0.6 is 23.5 Å². The zero-order valence-corrected chi connectivity index (χ0v) is 10.4. The van der Waals surface area contributed by atoms with Gasteiger partial charge in [-0.3, -0.25) is 5.10 Å². The van der Waals surface area contributed by atoms with Crippen LogP contribution in [0.4, 0.5) is 4.39 Å². The van der Waals surface area contributed by atoms with Crippen LogP contribution in [-0.4, -0.2) is 21.5 Å². The van der Waals surface area contributed by atoms with Crippen LogP contribution in [0, 0.1) is 5.82 Å². The molecule has 2 nitrogen and oxygen atoms in total. The summed E-state index contributed by atoms with van der Waals surface area (Å²) in [5.74, 6) is -0.222. The van der Waals surface area contributed by atoms with Gasteiger partial charge in [0.2, 0.25) is 0 Å². The van der Waals surface area contributed by atoms with Crippen molar-refractivity contribution in [2.45, 2.75) is 5.03 Å². The Balaban J connectivity index is 2.15. The Bertz CT molecular complexity index is 453. The summed E-state index contributed by atoms with van der Waals surface area (Å²) in [4.78, 5) is 0. The third-order valence-electron chi connectivity index (χ3n) is 2.03. The Morgan fingerprint density at radius 1 is 1.31 bits per heavy atom. The fourth-order valence-corrected chi connectivity index (χ4v) is 2.54. The number of hydrogen-bond donors (Lipinski definition) is 1. The van der Waals surface area contributed by atoms with Gasteiger partial charge in [0.05, 0.1) is 5.69 Å². The Hall–Kier alpha value is -0.940. The van der Waals surface area contributed by atoms with E-state index in [0.29, 0.717) is 0 Å². The number of nitrogens with one attached hydrogen (secondary N) is 1. The van der Waals surface area contributed by atoms with Gasteiger partial charge in [0, 0.05) is 5.08 Å². The van der Waals surface area contributed by atoms with Gasteiger partial charge in [-0.15, -0.1) is 0 Å². The van der Waals surface area contributed by atoms with Crippen molar-refractivity contribution in [3.63, 3.8) is 0 Å². The molecule has 0 fully saturated rings. The largest absolute Gasteiger partial charge is 0.277 e. The summed E-state index contributed by atoms with van der Waals surface area (Å²) in [7, 11) is 0. The monoisotopic (exact) mass is 254 g/mol. The second-order valence-electron chi connectivity index (χ2n) is 3.18. The minimum atomic E-state index is -0.222. The van der Waals surface area contributed by atoms with Crippen LogP contribution in [0.1, 0.15) is 0 Å². The van der Waals surface area contributed by atoms with Crippen LogP contribution < -0.4 is 0 Å². The Morgan fingerprint density at radius 3 is 2.75 bits per heavy atom. The molecule has 0 atom stereocenters. The SMILES string of the molecule is CSCSc1cc(-c2ccc(F)cc2)[nH]n1. The number of aromatic nitrogens is 2. The zero-order valence-electron chi connectivity index (χ0n) is 8.74. The van der Waals surface area contributed by atoms with E-state index >= 15 is 0 Å². The average Bonchev–Trinajstić information content (AvgIpc) is 2.76. The standard InChI is InChI=1S/C11H11FN2S2/c1-15-7-16-11-6-10(13-14-11)8-2-4-9(12)5-3-8/h2-6H,7H2,1H3,(H,13,14). The molecule has 1 aromatic heterocycles. The third-order valence-corrected chi connectivity index (χ3v) is 3.95. The summed E-state index contributed by atoms with van der Waals surface area (Å²) in [5.41, 5.74) is 1.87. The first-order valence-electron chi connectivity index (χ1n) is 4.72. The van der Waals surface area contributed by atoms with E-state index in [1.54, 1.807) is 35.7 Å². The van der Waals surface area contributed by atoms with Crippen LogP contribution in [0.25, 0.3) is 11.3 Å². The number of H-pyrrole nitrogens is 1. The van der Waals surface area contributed by atoms with E-state index in [9.17, 15) is 4.39 Å². The van der Waals surface area contributed by atoms with E-state index in [2.05, 4.69) is 16.5 Å². The van der Waals surface area contributed by atoms with Gasteiger partial charge in [-0.25, -0.2) is 4.39 Å². The molecule has 0 amide bonds. The second kappa shape index (κ2) is 5.41. The van der Waals surface area contributed by atoms with Gasteiger partial charge in [-0.1, -0.05) is 11.8 Å². The molecule has 16 heavy (non-hydrogen) atoms. The molecule has 0 aliphatic heterocycles. The molecule has 0 saturated carbocycles. The van der Waals surface area contributed by atoms with E-state index < -0.39 is 0 Å². The highest BCUT2D eigenvalue weighted by Gasteiger charge is 2.03. The van der Waals surface area contributed by atoms with E-state index in [-0.39, 0.29) is 5.82 Å². The smallest absolute Gasteiger partial charge is 0.123 e. The molecule has 5 heteroatoms. The highest BCUT2D eigenvalue weighted by atomic mass is 32.2. The highest BCUT2D eigenvalue weighted by molar-refractivity contribution is 8.15. The summed E-state index contributed by atoms with van der Waals surface area (Å²) in [6.45, 7) is 0. The van der Waals surface area contributed by atoms with Crippen molar-refractivity contribution in [1.29, 1.82) is 0 Å². The van der Waals surface area contributed by atoms with E-state index in [0.717, 1.165) is 21.4 Å². The predicted octanol–water partition coefficient (Wildman–Crippen LogP) is 3.63. The van der Waals surface area contributed by atoms with Gasteiger partial charge in [0.15, 0.2) is 0 Å². The number of aromatic amines is 1. The Morgan fingerprint density at radius 2 is 2.06 bits per heavy atom. The van der Waals surface area contributed by atoms with Crippen LogP contribution in [0.3, 0.4) is 0 Å². The minimum absolute atomic E-state index is 0.222. The van der Waals surface area contributed by atoms with Gasteiger partial charge in [-0.05, 0) is 42.2 Å². The third kappa shape index (κ3) is 2.80. The lowest BCUT2D eigenvalue weighted by Crippen LogP contribution is -1.78. The highest BCUT2D eigenvalue weighted by Crippen LogP contribution is 2.24. The number of thioether (sulfide) groups is 2. The molecule has 0 aliphatic carbocycles. The van der Waals surface area contributed by atoms with Crippen molar-refractivity contribution in [2.24, 2.45) is 0 Å². The first-order chi connectivity index (χ1) is 7.79. The van der Waals surface area contributed by atoms with Gasteiger partial charge >= 0.3 is 0 Å². The molecule has 0 unspecified atom stereocenters. The van der Waals surface area contributed by atoms with Crippen molar-refractivity contribution in [3.8, 4) is 11.3 Å². The summed E-state index contributed by atoms with van der Waals surface area (Å²) >= 11 is 3.45.